The Morgan fingerprint density at radius 1 is 1.28 bits per heavy atom. The second-order valence-corrected chi connectivity index (χ2v) is 7.61. The van der Waals surface area contributed by atoms with Gasteiger partial charge in [-0.2, -0.15) is 0 Å². The largest absolute Gasteiger partial charge is 0.484 e. The minimum absolute atomic E-state index is 0.179. The van der Waals surface area contributed by atoms with Gasteiger partial charge in [0.15, 0.2) is 6.61 Å². The number of hydrogen-bond acceptors (Lipinski definition) is 5. The SMILES string of the molecule is O=C(COc1ccc2ccoc2c1)N(Cl)C(CN1CCC(O)C1)c1ccccc1. The van der Waals surface area contributed by atoms with Crippen LogP contribution in [0, 0.1) is 0 Å². The van der Waals surface area contributed by atoms with Gasteiger partial charge in [0.05, 0.1) is 18.4 Å². The van der Waals surface area contributed by atoms with Crippen molar-refractivity contribution in [3.8, 4) is 5.75 Å². The summed E-state index contributed by atoms with van der Waals surface area (Å²) in [6.45, 7) is 1.74. The molecule has 4 rings (SSSR count). The zero-order valence-electron chi connectivity index (χ0n) is 15.9. The van der Waals surface area contributed by atoms with E-state index in [1.54, 1.807) is 18.4 Å². The molecule has 2 heterocycles. The monoisotopic (exact) mass is 414 g/mol. The Kier molecular flexibility index (Phi) is 6.04. The summed E-state index contributed by atoms with van der Waals surface area (Å²) in [4.78, 5) is 14.9. The van der Waals surface area contributed by atoms with Gasteiger partial charge >= 0.3 is 0 Å². The average molecular weight is 415 g/mol. The van der Waals surface area contributed by atoms with Crippen LogP contribution in [0.15, 0.2) is 65.3 Å². The molecule has 6 nitrogen and oxygen atoms in total. The zero-order chi connectivity index (χ0) is 20.2. The molecule has 1 fully saturated rings. The molecule has 0 spiro atoms. The molecule has 2 atom stereocenters. The topological polar surface area (TPSA) is 66.2 Å². The maximum atomic E-state index is 12.8. The summed E-state index contributed by atoms with van der Waals surface area (Å²) in [6.07, 6.45) is 2.02. The fourth-order valence-electron chi connectivity index (χ4n) is 3.61. The van der Waals surface area contributed by atoms with E-state index in [1.165, 1.54) is 4.42 Å². The van der Waals surface area contributed by atoms with Crippen LogP contribution < -0.4 is 4.74 Å². The van der Waals surface area contributed by atoms with Gasteiger partial charge in [-0.15, -0.1) is 0 Å². The molecule has 2 unspecified atom stereocenters. The molecule has 2 aromatic carbocycles. The molecule has 7 heteroatoms. The third kappa shape index (κ3) is 4.72. The van der Waals surface area contributed by atoms with Crippen molar-refractivity contribution < 1.29 is 19.1 Å². The Labute approximate surface area is 174 Å². The molecule has 1 saturated heterocycles. The van der Waals surface area contributed by atoms with Crippen molar-refractivity contribution >= 4 is 28.7 Å². The van der Waals surface area contributed by atoms with Crippen molar-refractivity contribution in [3.63, 3.8) is 0 Å². The first-order valence-corrected chi connectivity index (χ1v) is 9.97. The van der Waals surface area contributed by atoms with Crippen molar-refractivity contribution in [2.75, 3.05) is 26.2 Å². The Morgan fingerprint density at radius 2 is 2.10 bits per heavy atom. The van der Waals surface area contributed by atoms with E-state index in [1.807, 2.05) is 42.5 Å². The number of hydrogen-bond donors (Lipinski definition) is 1. The number of aliphatic hydroxyl groups excluding tert-OH is 1. The first-order valence-electron chi connectivity index (χ1n) is 9.63. The van der Waals surface area contributed by atoms with Crippen molar-refractivity contribution in [2.24, 2.45) is 0 Å². The van der Waals surface area contributed by atoms with Crippen LogP contribution in [0.5, 0.6) is 5.75 Å². The first-order chi connectivity index (χ1) is 14.1. The number of fused-ring (bicyclic) bond motifs is 1. The highest BCUT2D eigenvalue weighted by Gasteiger charge is 2.29. The summed E-state index contributed by atoms with van der Waals surface area (Å²) in [6, 6.07) is 16.6. The predicted molar refractivity (Wildman–Crippen MR) is 111 cm³/mol. The van der Waals surface area contributed by atoms with Gasteiger partial charge in [-0.3, -0.25) is 9.69 Å². The lowest BCUT2D eigenvalue weighted by molar-refractivity contribution is -0.130. The van der Waals surface area contributed by atoms with E-state index in [0.717, 1.165) is 23.9 Å². The standard InChI is InChI=1S/C22H23ClN2O4/c23-25(22(27)15-29-19-7-6-17-9-11-28-21(17)12-19)20(16-4-2-1-3-5-16)14-24-10-8-18(26)13-24/h1-7,9,11-12,18,20,26H,8,10,13-15H2. The van der Waals surface area contributed by atoms with Crippen LogP contribution in [-0.2, 0) is 4.79 Å². The number of carbonyl (C=O) groups is 1. The third-order valence-electron chi connectivity index (χ3n) is 5.16. The first kappa shape index (κ1) is 19.8. The van der Waals surface area contributed by atoms with Crippen LogP contribution >= 0.6 is 11.8 Å². The maximum Gasteiger partial charge on any atom is 0.275 e. The van der Waals surface area contributed by atoms with Crippen LogP contribution in [0.4, 0.5) is 0 Å². The second kappa shape index (κ2) is 8.86. The van der Waals surface area contributed by atoms with Gasteiger partial charge in [0.2, 0.25) is 0 Å². The summed E-state index contributed by atoms with van der Waals surface area (Å²) < 4.78 is 12.2. The number of amides is 1. The minimum atomic E-state index is -0.341. The van der Waals surface area contributed by atoms with Crippen molar-refractivity contribution in [2.45, 2.75) is 18.6 Å². The second-order valence-electron chi connectivity index (χ2n) is 7.24. The highest BCUT2D eigenvalue weighted by atomic mass is 35.5. The summed E-state index contributed by atoms with van der Waals surface area (Å²) in [5, 5.41) is 10.8. The van der Waals surface area contributed by atoms with E-state index in [9.17, 15) is 9.90 Å². The summed E-state index contributed by atoms with van der Waals surface area (Å²) in [7, 11) is 0. The summed E-state index contributed by atoms with van der Waals surface area (Å²) >= 11 is 6.49. The lowest BCUT2D eigenvalue weighted by atomic mass is 10.1. The maximum absolute atomic E-state index is 12.8. The van der Waals surface area contributed by atoms with E-state index < -0.39 is 0 Å². The number of halogens is 1. The predicted octanol–water partition coefficient (Wildman–Crippen LogP) is 3.60. The van der Waals surface area contributed by atoms with Gasteiger partial charge in [0.25, 0.3) is 5.91 Å². The fourth-order valence-corrected chi connectivity index (χ4v) is 3.83. The normalized spacial score (nSPS) is 18.1. The van der Waals surface area contributed by atoms with Crippen LogP contribution in [0.1, 0.15) is 18.0 Å². The fraction of sp³-hybridized carbons (Fsp3) is 0.318. The number of ether oxygens (including phenoxy) is 1. The van der Waals surface area contributed by atoms with Crippen LogP contribution in [0.25, 0.3) is 11.0 Å². The molecule has 1 amide bonds. The number of nitrogens with zero attached hydrogens (tertiary/aromatic N) is 2. The van der Waals surface area contributed by atoms with Crippen molar-refractivity contribution in [1.82, 2.24) is 9.32 Å². The van der Waals surface area contributed by atoms with Crippen molar-refractivity contribution in [3.05, 3.63) is 66.4 Å². The van der Waals surface area contributed by atoms with Gasteiger partial charge < -0.3 is 14.3 Å². The number of rotatable bonds is 7. The van der Waals surface area contributed by atoms with Gasteiger partial charge in [0.1, 0.15) is 11.3 Å². The molecule has 0 aliphatic carbocycles. The zero-order valence-corrected chi connectivity index (χ0v) is 16.7. The molecule has 1 aliphatic rings. The number of aliphatic hydroxyl groups is 1. The van der Waals surface area contributed by atoms with E-state index in [2.05, 4.69) is 4.90 Å². The Bertz CT molecular complexity index is 962. The molecule has 3 aromatic rings. The number of β-amino-alcohol motifs (C(OH)–C–C–N with tert-alkyl or cyclic N) is 1. The lowest BCUT2D eigenvalue weighted by Crippen LogP contribution is -2.38. The van der Waals surface area contributed by atoms with Crippen LogP contribution in [0.3, 0.4) is 0 Å². The Balaban J connectivity index is 1.44. The van der Waals surface area contributed by atoms with Crippen molar-refractivity contribution in [1.29, 1.82) is 0 Å². The van der Waals surface area contributed by atoms with Gasteiger partial charge in [-0.1, -0.05) is 30.3 Å². The van der Waals surface area contributed by atoms with E-state index in [4.69, 9.17) is 20.9 Å². The quantitative estimate of drug-likeness (QED) is 0.598. The van der Waals surface area contributed by atoms with Gasteiger partial charge in [0, 0.05) is 42.9 Å². The molecular formula is C22H23ClN2O4. The van der Waals surface area contributed by atoms with Gasteiger partial charge in [-0.25, -0.2) is 4.42 Å². The van der Waals surface area contributed by atoms with Crippen LogP contribution in [0.2, 0.25) is 0 Å². The molecule has 29 heavy (non-hydrogen) atoms. The average Bonchev–Trinajstić information content (AvgIpc) is 3.38. The van der Waals surface area contributed by atoms with Gasteiger partial charge in [-0.05, 0) is 30.2 Å². The van der Waals surface area contributed by atoms with Crippen LogP contribution in [-0.4, -0.2) is 52.7 Å². The Morgan fingerprint density at radius 3 is 2.86 bits per heavy atom. The van der Waals surface area contributed by atoms with E-state index in [-0.39, 0.29) is 24.7 Å². The molecule has 152 valence electrons. The number of furan rings is 1. The smallest absolute Gasteiger partial charge is 0.275 e. The summed E-state index contributed by atoms with van der Waals surface area (Å²) in [5.74, 6) is 0.213. The van der Waals surface area contributed by atoms with E-state index >= 15 is 0 Å². The lowest BCUT2D eigenvalue weighted by Gasteiger charge is -2.29. The van der Waals surface area contributed by atoms with E-state index in [0.29, 0.717) is 24.4 Å². The Hall–Kier alpha value is -2.54. The minimum Gasteiger partial charge on any atom is -0.484 e. The summed E-state index contributed by atoms with van der Waals surface area (Å²) in [5.41, 5.74) is 1.64. The highest BCUT2D eigenvalue weighted by Crippen LogP contribution is 2.27. The molecule has 1 aromatic heterocycles. The number of carbonyl (C=O) groups excluding carboxylic acids is 1. The molecule has 0 saturated carbocycles. The number of benzene rings is 2. The molecule has 1 aliphatic heterocycles. The molecule has 0 bridgehead atoms. The highest BCUT2D eigenvalue weighted by molar-refractivity contribution is 6.21. The molecule has 1 N–H and O–H groups in total. The molecule has 0 radical (unpaired) electrons. The molecular weight excluding hydrogens is 392 g/mol. The number of likely N-dealkylation sites (tertiary alicyclic amines) is 1. The third-order valence-corrected chi connectivity index (χ3v) is 5.59.